The second-order valence-electron chi connectivity index (χ2n) is 5.43. The van der Waals surface area contributed by atoms with Crippen molar-refractivity contribution in [2.45, 2.75) is 13.0 Å². The van der Waals surface area contributed by atoms with E-state index in [4.69, 9.17) is 4.74 Å². The second kappa shape index (κ2) is 10.1. The van der Waals surface area contributed by atoms with Crippen LogP contribution in [0.25, 0.3) is 0 Å². The van der Waals surface area contributed by atoms with E-state index in [1.54, 1.807) is 30.3 Å². The fourth-order valence-corrected chi connectivity index (χ4v) is 2.21. The molecule has 0 heterocycles. The first-order valence-corrected chi connectivity index (χ1v) is 8.09. The molecule has 0 bridgehead atoms. The van der Waals surface area contributed by atoms with E-state index >= 15 is 0 Å². The SMILES string of the molecule is COC(=O)c1cccc(OCC(=O)NCCc2ccc(OC(F)F)cc2)c1. The molecular formula is C19H19F2NO5. The average molecular weight is 379 g/mol. The van der Waals surface area contributed by atoms with Crippen molar-refractivity contribution in [3.8, 4) is 11.5 Å². The molecule has 144 valence electrons. The van der Waals surface area contributed by atoms with Crippen LogP contribution < -0.4 is 14.8 Å². The van der Waals surface area contributed by atoms with Crippen LogP contribution in [0.1, 0.15) is 15.9 Å². The number of carbonyl (C=O) groups is 2. The van der Waals surface area contributed by atoms with Gasteiger partial charge in [-0.25, -0.2) is 4.79 Å². The Kier molecular flexibility index (Phi) is 7.54. The predicted molar refractivity (Wildman–Crippen MR) is 93.1 cm³/mol. The minimum atomic E-state index is -2.86. The zero-order valence-electron chi connectivity index (χ0n) is 14.6. The van der Waals surface area contributed by atoms with Crippen molar-refractivity contribution in [3.05, 3.63) is 59.7 Å². The van der Waals surface area contributed by atoms with Gasteiger partial charge in [-0.15, -0.1) is 0 Å². The summed E-state index contributed by atoms with van der Waals surface area (Å²) in [5.74, 6) is -0.353. The van der Waals surface area contributed by atoms with Gasteiger partial charge in [-0.05, 0) is 42.3 Å². The summed E-state index contributed by atoms with van der Waals surface area (Å²) in [5, 5.41) is 2.69. The lowest BCUT2D eigenvalue weighted by Gasteiger charge is -2.09. The molecule has 2 rings (SSSR count). The number of amides is 1. The van der Waals surface area contributed by atoms with Crippen LogP contribution >= 0.6 is 0 Å². The van der Waals surface area contributed by atoms with Gasteiger partial charge in [0.15, 0.2) is 6.61 Å². The number of rotatable bonds is 9. The summed E-state index contributed by atoms with van der Waals surface area (Å²) in [5.41, 5.74) is 1.19. The van der Waals surface area contributed by atoms with E-state index in [0.717, 1.165) is 5.56 Å². The zero-order valence-corrected chi connectivity index (χ0v) is 14.6. The van der Waals surface area contributed by atoms with Crippen LogP contribution in [0.4, 0.5) is 8.78 Å². The highest BCUT2D eigenvalue weighted by Crippen LogP contribution is 2.15. The highest BCUT2D eigenvalue weighted by atomic mass is 19.3. The van der Waals surface area contributed by atoms with Gasteiger partial charge >= 0.3 is 12.6 Å². The molecule has 0 saturated carbocycles. The largest absolute Gasteiger partial charge is 0.484 e. The van der Waals surface area contributed by atoms with E-state index in [2.05, 4.69) is 14.8 Å². The molecule has 8 heteroatoms. The second-order valence-corrected chi connectivity index (χ2v) is 5.43. The number of benzene rings is 2. The van der Waals surface area contributed by atoms with Gasteiger partial charge in [0.2, 0.25) is 0 Å². The van der Waals surface area contributed by atoms with Crippen molar-refractivity contribution < 1.29 is 32.6 Å². The molecule has 0 saturated heterocycles. The Bertz CT molecular complexity index is 765. The van der Waals surface area contributed by atoms with E-state index in [9.17, 15) is 18.4 Å². The van der Waals surface area contributed by atoms with Gasteiger partial charge < -0.3 is 19.5 Å². The Morgan fingerprint density at radius 3 is 2.48 bits per heavy atom. The van der Waals surface area contributed by atoms with E-state index < -0.39 is 12.6 Å². The fraction of sp³-hybridized carbons (Fsp3) is 0.263. The maximum atomic E-state index is 12.1. The molecule has 0 unspecified atom stereocenters. The van der Waals surface area contributed by atoms with Crippen molar-refractivity contribution >= 4 is 11.9 Å². The minimum Gasteiger partial charge on any atom is -0.484 e. The quantitative estimate of drug-likeness (QED) is 0.679. The number of nitrogens with one attached hydrogen (secondary N) is 1. The zero-order chi connectivity index (χ0) is 19.6. The topological polar surface area (TPSA) is 73.9 Å². The molecule has 0 aromatic heterocycles. The van der Waals surface area contributed by atoms with Crippen molar-refractivity contribution in [1.82, 2.24) is 5.32 Å². The van der Waals surface area contributed by atoms with Crippen LogP contribution in [0.3, 0.4) is 0 Å². The number of hydrogen-bond donors (Lipinski definition) is 1. The van der Waals surface area contributed by atoms with Crippen LogP contribution in [-0.4, -0.2) is 38.7 Å². The lowest BCUT2D eigenvalue weighted by atomic mass is 10.1. The van der Waals surface area contributed by atoms with Crippen molar-refractivity contribution in [2.24, 2.45) is 0 Å². The molecule has 0 spiro atoms. The molecule has 0 atom stereocenters. The number of ether oxygens (including phenoxy) is 3. The summed E-state index contributed by atoms with van der Waals surface area (Å²) < 4.78 is 38.4. The molecule has 27 heavy (non-hydrogen) atoms. The molecule has 2 aromatic rings. The summed E-state index contributed by atoms with van der Waals surface area (Å²) in [4.78, 5) is 23.3. The van der Waals surface area contributed by atoms with Gasteiger partial charge in [-0.3, -0.25) is 4.79 Å². The molecule has 0 aliphatic carbocycles. The van der Waals surface area contributed by atoms with Crippen LogP contribution in [0, 0.1) is 0 Å². The molecule has 0 aliphatic heterocycles. The Hall–Kier alpha value is -3.16. The molecule has 1 N–H and O–H groups in total. The van der Waals surface area contributed by atoms with Crippen LogP contribution in [0.15, 0.2) is 48.5 Å². The Balaban J connectivity index is 1.73. The molecule has 0 radical (unpaired) electrons. The first kappa shape index (κ1) is 20.2. The average Bonchev–Trinajstić information content (AvgIpc) is 2.67. The number of hydrogen-bond acceptors (Lipinski definition) is 5. The standard InChI is InChI=1S/C19H19F2NO5/c1-25-18(24)14-3-2-4-16(11-14)26-12-17(23)22-10-9-13-5-7-15(8-6-13)27-19(20)21/h2-8,11,19H,9-10,12H2,1H3,(H,22,23). The van der Waals surface area contributed by atoms with E-state index in [1.807, 2.05) is 0 Å². The summed E-state index contributed by atoms with van der Waals surface area (Å²) in [6.45, 7) is -2.70. The Morgan fingerprint density at radius 1 is 1.07 bits per heavy atom. The third-order valence-corrected chi connectivity index (χ3v) is 3.51. The van der Waals surface area contributed by atoms with Crippen LogP contribution in [0.2, 0.25) is 0 Å². The summed E-state index contributed by atoms with van der Waals surface area (Å²) >= 11 is 0. The van der Waals surface area contributed by atoms with Crippen LogP contribution in [0.5, 0.6) is 11.5 Å². The third kappa shape index (κ3) is 6.93. The molecule has 6 nitrogen and oxygen atoms in total. The number of methoxy groups -OCH3 is 1. The molecular weight excluding hydrogens is 360 g/mol. The first-order valence-electron chi connectivity index (χ1n) is 8.09. The monoisotopic (exact) mass is 379 g/mol. The Morgan fingerprint density at radius 2 is 1.81 bits per heavy atom. The van der Waals surface area contributed by atoms with Gasteiger partial charge in [0.25, 0.3) is 5.91 Å². The van der Waals surface area contributed by atoms with Crippen molar-refractivity contribution in [2.75, 3.05) is 20.3 Å². The minimum absolute atomic E-state index is 0.0837. The van der Waals surface area contributed by atoms with Crippen molar-refractivity contribution in [3.63, 3.8) is 0 Å². The van der Waals surface area contributed by atoms with E-state index in [0.29, 0.717) is 24.3 Å². The molecule has 0 aliphatic rings. The van der Waals surface area contributed by atoms with E-state index in [-0.39, 0.29) is 18.3 Å². The maximum absolute atomic E-state index is 12.1. The third-order valence-electron chi connectivity index (χ3n) is 3.51. The summed E-state index contributed by atoms with van der Waals surface area (Å²) in [7, 11) is 1.28. The number of halogens is 2. The van der Waals surface area contributed by atoms with Gasteiger partial charge in [-0.2, -0.15) is 8.78 Å². The fourth-order valence-electron chi connectivity index (χ4n) is 2.21. The lowest BCUT2D eigenvalue weighted by molar-refractivity contribution is -0.123. The van der Waals surface area contributed by atoms with Gasteiger partial charge in [-0.1, -0.05) is 18.2 Å². The lowest BCUT2D eigenvalue weighted by Crippen LogP contribution is -2.30. The first-order chi connectivity index (χ1) is 13.0. The van der Waals surface area contributed by atoms with Crippen molar-refractivity contribution in [1.29, 1.82) is 0 Å². The number of carbonyl (C=O) groups excluding carboxylic acids is 2. The summed E-state index contributed by atoms with van der Waals surface area (Å²) in [6, 6.07) is 12.5. The van der Waals surface area contributed by atoms with E-state index in [1.165, 1.54) is 25.3 Å². The highest BCUT2D eigenvalue weighted by molar-refractivity contribution is 5.89. The van der Waals surface area contributed by atoms with Gasteiger partial charge in [0.1, 0.15) is 11.5 Å². The molecule has 0 fully saturated rings. The van der Waals surface area contributed by atoms with Gasteiger partial charge in [0, 0.05) is 6.54 Å². The Labute approximate surface area is 155 Å². The number of alkyl halides is 2. The smallest absolute Gasteiger partial charge is 0.387 e. The maximum Gasteiger partial charge on any atom is 0.387 e. The normalized spacial score (nSPS) is 10.4. The number of esters is 1. The summed E-state index contributed by atoms with van der Waals surface area (Å²) in [6.07, 6.45) is 0.526. The molecule has 1 amide bonds. The predicted octanol–water partition coefficient (Wildman–Crippen LogP) is 2.81. The highest BCUT2D eigenvalue weighted by Gasteiger charge is 2.08. The van der Waals surface area contributed by atoms with Crippen LogP contribution in [-0.2, 0) is 16.0 Å². The van der Waals surface area contributed by atoms with Gasteiger partial charge in [0.05, 0.1) is 12.7 Å². The molecule has 2 aromatic carbocycles.